The van der Waals surface area contributed by atoms with Gasteiger partial charge in [0.2, 0.25) is 5.91 Å². The van der Waals surface area contributed by atoms with E-state index in [0.717, 1.165) is 23.8 Å². The highest BCUT2D eigenvalue weighted by Crippen LogP contribution is 2.49. The Labute approximate surface area is 114 Å². The van der Waals surface area contributed by atoms with Crippen molar-refractivity contribution >= 4 is 30.3 Å². The number of amides is 1. The predicted molar refractivity (Wildman–Crippen MR) is 77.8 cm³/mol. The summed E-state index contributed by atoms with van der Waals surface area (Å²) in [5, 5.41) is 3.97. The van der Waals surface area contributed by atoms with Gasteiger partial charge in [-0.1, -0.05) is 6.42 Å². The molecule has 2 saturated carbocycles. The number of nitrogens with one attached hydrogen (secondary N) is 1. The topological polar surface area (TPSA) is 29.1 Å². The fraction of sp³-hybridized carbons (Fsp3) is 0.923. The lowest BCUT2D eigenvalue weighted by atomic mass is 9.94. The van der Waals surface area contributed by atoms with E-state index in [4.69, 9.17) is 0 Å². The highest BCUT2D eigenvalue weighted by Gasteiger charge is 2.43. The van der Waals surface area contributed by atoms with Crippen molar-refractivity contribution in [3.8, 4) is 0 Å². The molecule has 0 radical (unpaired) electrons. The van der Waals surface area contributed by atoms with Crippen LogP contribution in [0.3, 0.4) is 0 Å². The molecule has 2 nitrogen and oxygen atoms in total. The zero-order valence-electron chi connectivity index (χ0n) is 10.6. The molecule has 0 heterocycles. The summed E-state index contributed by atoms with van der Waals surface area (Å²) in [5.74, 6) is 1.11. The minimum Gasteiger partial charge on any atom is -0.353 e. The minimum atomic E-state index is 0.251. The molecule has 4 heteroatoms. The van der Waals surface area contributed by atoms with Crippen molar-refractivity contribution < 1.29 is 4.79 Å². The molecule has 0 aliphatic heterocycles. The van der Waals surface area contributed by atoms with Crippen LogP contribution in [0, 0.1) is 5.41 Å². The molecule has 0 spiro atoms. The minimum absolute atomic E-state index is 0.251. The number of hydrogen-bond acceptors (Lipinski definition) is 3. The van der Waals surface area contributed by atoms with Crippen LogP contribution in [0.2, 0.25) is 0 Å². The van der Waals surface area contributed by atoms with E-state index in [1.807, 2.05) is 11.8 Å². The average Bonchev–Trinajstić information content (AvgIpc) is 3.09. The lowest BCUT2D eigenvalue weighted by Crippen LogP contribution is -2.40. The van der Waals surface area contributed by atoms with E-state index in [-0.39, 0.29) is 11.3 Å². The van der Waals surface area contributed by atoms with Crippen LogP contribution in [-0.2, 0) is 4.79 Å². The number of thioether (sulfide) groups is 1. The van der Waals surface area contributed by atoms with Crippen LogP contribution >= 0.6 is 24.4 Å². The zero-order chi connectivity index (χ0) is 12.3. The summed E-state index contributed by atoms with van der Waals surface area (Å²) < 4.78 is 0. The Morgan fingerprint density at radius 3 is 2.82 bits per heavy atom. The highest BCUT2D eigenvalue weighted by molar-refractivity contribution is 7.99. The third-order valence-electron chi connectivity index (χ3n) is 4.15. The summed E-state index contributed by atoms with van der Waals surface area (Å²) in [7, 11) is 0. The van der Waals surface area contributed by atoms with Crippen molar-refractivity contribution in [3.63, 3.8) is 0 Å². The molecule has 1 N–H and O–H groups in total. The molecular formula is C13H23NOS2. The molecule has 2 rings (SSSR count). The zero-order valence-corrected chi connectivity index (χ0v) is 12.3. The van der Waals surface area contributed by atoms with E-state index >= 15 is 0 Å². The normalized spacial score (nSPS) is 30.9. The maximum absolute atomic E-state index is 12.0. The van der Waals surface area contributed by atoms with Crippen LogP contribution in [-0.4, -0.2) is 29.2 Å². The number of thiol groups is 1. The summed E-state index contributed by atoms with van der Waals surface area (Å²) in [5.41, 5.74) is 0.251. The van der Waals surface area contributed by atoms with Gasteiger partial charge in [-0.25, -0.2) is 0 Å². The maximum atomic E-state index is 12.0. The highest BCUT2D eigenvalue weighted by atomic mass is 32.2. The Bertz CT molecular complexity index is 279. The van der Waals surface area contributed by atoms with Crippen LogP contribution in [0.4, 0.5) is 0 Å². The molecule has 0 aromatic heterocycles. The molecule has 2 atom stereocenters. The number of hydrogen-bond donors (Lipinski definition) is 2. The van der Waals surface area contributed by atoms with Gasteiger partial charge in [-0.3, -0.25) is 4.79 Å². The second kappa shape index (κ2) is 5.87. The van der Waals surface area contributed by atoms with Gasteiger partial charge in [0, 0.05) is 17.7 Å². The standard InChI is InChI=1S/C13H23NOS2/c1-17-11-4-2-3-10(7-11)14-12(15)8-13(9-16)5-6-13/h10-11,16H,2-9H2,1H3,(H,14,15). The maximum Gasteiger partial charge on any atom is 0.220 e. The van der Waals surface area contributed by atoms with Crippen molar-refractivity contribution in [2.45, 2.75) is 56.2 Å². The molecule has 17 heavy (non-hydrogen) atoms. The SMILES string of the molecule is CSC1CCCC(NC(=O)CC2(CS)CC2)C1. The monoisotopic (exact) mass is 273 g/mol. The number of rotatable bonds is 5. The Kier molecular flexibility index (Phi) is 4.70. The first kappa shape index (κ1) is 13.6. The molecule has 1 amide bonds. The van der Waals surface area contributed by atoms with Crippen LogP contribution in [0.1, 0.15) is 44.9 Å². The molecule has 2 aliphatic rings. The van der Waals surface area contributed by atoms with Gasteiger partial charge in [0.25, 0.3) is 0 Å². The van der Waals surface area contributed by atoms with Gasteiger partial charge in [-0.15, -0.1) is 0 Å². The largest absolute Gasteiger partial charge is 0.353 e. The molecule has 2 unspecified atom stereocenters. The first-order valence-corrected chi connectivity index (χ1v) is 8.52. The molecule has 0 saturated heterocycles. The summed E-state index contributed by atoms with van der Waals surface area (Å²) in [6.07, 6.45) is 10.1. The van der Waals surface area contributed by atoms with Gasteiger partial charge in [0.15, 0.2) is 0 Å². The van der Waals surface area contributed by atoms with Crippen LogP contribution in [0.15, 0.2) is 0 Å². The van der Waals surface area contributed by atoms with Crippen molar-refractivity contribution in [1.82, 2.24) is 5.32 Å². The van der Waals surface area contributed by atoms with Crippen molar-refractivity contribution in [2.75, 3.05) is 12.0 Å². The molecule has 2 aliphatic carbocycles. The fourth-order valence-electron chi connectivity index (χ4n) is 2.68. The summed E-state index contributed by atoms with van der Waals surface area (Å²) in [6.45, 7) is 0. The van der Waals surface area contributed by atoms with E-state index in [9.17, 15) is 4.79 Å². The Balaban J connectivity index is 1.74. The summed E-state index contributed by atoms with van der Waals surface area (Å²) in [4.78, 5) is 12.0. The molecular weight excluding hydrogens is 250 g/mol. The Morgan fingerprint density at radius 1 is 1.47 bits per heavy atom. The summed E-state index contributed by atoms with van der Waals surface area (Å²) in [6, 6.07) is 0.421. The van der Waals surface area contributed by atoms with Gasteiger partial charge >= 0.3 is 0 Å². The quantitative estimate of drug-likeness (QED) is 0.754. The second-order valence-corrected chi connectivity index (χ2v) is 7.08. The van der Waals surface area contributed by atoms with Crippen LogP contribution < -0.4 is 5.32 Å². The van der Waals surface area contributed by atoms with E-state index < -0.39 is 0 Å². The van der Waals surface area contributed by atoms with Gasteiger partial charge in [0.1, 0.15) is 0 Å². The number of carbonyl (C=O) groups is 1. The van der Waals surface area contributed by atoms with Crippen molar-refractivity contribution in [3.05, 3.63) is 0 Å². The molecule has 0 aromatic rings. The predicted octanol–water partition coefficient (Wildman–Crippen LogP) is 2.88. The third-order valence-corrected chi connectivity index (χ3v) is 5.92. The molecule has 2 fully saturated rings. The Hall–Kier alpha value is 0.170. The van der Waals surface area contributed by atoms with Gasteiger partial charge < -0.3 is 5.32 Å². The van der Waals surface area contributed by atoms with E-state index in [0.29, 0.717) is 12.5 Å². The average molecular weight is 273 g/mol. The van der Waals surface area contributed by atoms with Crippen LogP contribution in [0.5, 0.6) is 0 Å². The van der Waals surface area contributed by atoms with E-state index in [2.05, 4.69) is 24.2 Å². The van der Waals surface area contributed by atoms with Gasteiger partial charge in [-0.2, -0.15) is 24.4 Å². The first-order valence-electron chi connectivity index (χ1n) is 6.60. The Morgan fingerprint density at radius 2 is 2.24 bits per heavy atom. The number of carbonyl (C=O) groups excluding carboxylic acids is 1. The molecule has 0 bridgehead atoms. The third kappa shape index (κ3) is 3.82. The van der Waals surface area contributed by atoms with Gasteiger partial charge in [-0.05, 0) is 49.5 Å². The van der Waals surface area contributed by atoms with Gasteiger partial charge in [0.05, 0.1) is 0 Å². The fourth-order valence-corrected chi connectivity index (χ4v) is 3.93. The first-order chi connectivity index (χ1) is 8.17. The molecule has 98 valence electrons. The van der Waals surface area contributed by atoms with Crippen molar-refractivity contribution in [2.24, 2.45) is 5.41 Å². The van der Waals surface area contributed by atoms with Crippen molar-refractivity contribution in [1.29, 1.82) is 0 Å². The molecule has 0 aromatic carbocycles. The second-order valence-electron chi connectivity index (χ2n) is 5.62. The van der Waals surface area contributed by atoms with Crippen LogP contribution in [0.25, 0.3) is 0 Å². The lowest BCUT2D eigenvalue weighted by molar-refractivity contribution is -0.123. The summed E-state index contributed by atoms with van der Waals surface area (Å²) >= 11 is 6.29. The van der Waals surface area contributed by atoms with E-state index in [1.54, 1.807) is 0 Å². The lowest BCUT2D eigenvalue weighted by Gasteiger charge is -2.29. The smallest absolute Gasteiger partial charge is 0.220 e. The van der Waals surface area contributed by atoms with E-state index in [1.165, 1.54) is 25.7 Å².